The summed E-state index contributed by atoms with van der Waals surface area (Å²) in [6.45, 7) is 5.48. The van der Waals surface area contributed by atoms with Crippen molar-refractivity contribution in [2.24, 2.45) is 17.8 Å². The van der Waals surface area contributed by atoms with Gasteiger partial charge in [-0.05, 0) is 73.7 Å². The van der Waals surface area contributed by atoms with E-state index in [9.17, 15) is 0 Å². The quantitative estimate of drug-likeness (QED) is 0.872. The minimum absolute atomic E-state index is 0.529. The summed E-state index contributed by atoms with van der Waals surface area (Å²) >= 11 is 0. The van der Waals surface area contributed by atoms with E-state index in [0.717, 1.165) is 30.0 Å². The van der Waals surface area contributed by atoms with Crippen LogP contribution in [0.3, 0.4) is 0 Å². The molecule has 0 saturated heterocycles. The van der Waals surface area contributed by atoms with Crippen molar-refractivity contribution in [1.29, 1.82) is 0 Å². The van der Waals surface area contributed by atoms with Crippen molar-refractivity contribution in [3.63, 3.8) is 0 Å². The minimum Gasteiger partial charge on any atom is -0.497 e. The van der Waals surface area contributed by atoms with E-state index in [2.05, 4.69) is 37.4 Å². The maximum absolute atomic E-state index is 5.34. The highest BCUT2D eigenvalue weighted by molar-refractivity contribution is 5.37. The van der Waals surface area contributed by atoms with E-state index < -0.39 is 0 Å². The summed E-state index contributed by atoms with van der Waals surface area (Å²) < 4.78 is 5.34. The molecular weight excluding hydrogens is 246 g/mol. The van der Waals surface area contributed by atoms with E-state index in [-0.39, 0.29) is 0 Å². The van der Waals surface area contributed by atoms with Crippen molar-refractivity contribution < 1.29 is 4.74 Å². The molecule has 2 aliphatic rings. The molecule has 0 amide bonds. The molecule has 1 N–H and O–H groups in total. The lowest BCUT2D eigenvalue weighted by molar-refractivity contribution is 0.252. The first kappa shape index (κ1) is 13.9. The molecule has 2 saturated carbocycles. The zero-order valence-electron chi connectivity index (χ0n) is 13.0. The molecule has 0 aliphatic heterocycles. The van der Waals surface area contributed by atoms with Crippen LogP contribution in [0.25, 0.3) is 0 Å². The van der Waals surface area contributed by atoms with Crippen LogP contribution < -0.4 is 10.1 Å². The maximum atomic E-state index is 5.34. The Labute approximate surface area is 122 Å². The van der Waals surface area contributed by atoms with Crippen LogP contribution in [0.5, 0.6) is 5.75 Å². The van der Waals surface area contributed by atoms with Gasteiger partial charge in [0.1, 0.15) is 5.75 Å². The highest BCUT2D eigenvalue weighted by Crippen LogP contribution is 2.52. The van der Waals surface area contributed by atoms with E-state index >= 15 is 0 Å². The zero-order valence-corrected chi connectivity index (χ0v) is 13.0. The lowest BCUT2D eigenvalue weighted by atomic mass is 9.79. The van der Waals surface area contributed by atoms with Gasteiger partial charge in [-0.1, -0.05) is 19.4 Å². The fourth-order valence-electron chi connectivity index (χ4n) is 4.54. The second-order valence-electron chi connectivity index (χ2n) is 6.60. The predicted molar refractivity (Wildman–Crippen MR) is 83.1 cm³/mol. The molecule has 4 unspecified atom stereocenters. The molecule has 2 nitrogen and oxygen atoms in total. The lowest BCUT2D eigenvalue weighted by Gasteiger charge is -2.32. The average molecular weight is 273 g/mol. The Hall–Kier alpha value is -1.02. The molecule has 0 heterocycles. The van der Waals surface area contributed by atoms with Crippen LogP contribution in [0, 0.1) is 24.7 Å². The molecule has 0 aromatic heterocycles. The highest BCUT2D eigenvalue weighted by atomic mass is 16.5. The van der Waals surface area contributed by atoms with Crippen LogP contribution in [-0.2, 0) is 0 Å². The summed E-state index contributed by atoms with van der Waals surface area (Å²) in [4.78, 5) is 0. The van der Waals surface area contributed by atoms with E-state index in [1.807, 2.05) is 0 Å². The van der Waals surface area contributed by atoms with Gasteiger partial charge < -0.3 is 10.1 Å². The average Bonchev–Trinajstić information content (AvgIpc) is 3.07. The molecule has 1 aromatic rings. The SMILES string of the molecule is CCNC(c1ccc(OC)cc1C)C1CC2CCC1C2. The van der Waals surface area contributed by atoms with Crippen LogP contribution in [0.4, 0.5) is 0 Å². The van der Waals surface area contributed by atoms with Gasteiger partial charge in [-0.25, -0.2) is 0 Å². The highest BCUT2D eigenvalue weighted by Gasteiger charge is 2.43. The van der Waals surface area contributed by atoms with Gasteiger partial charge >= 0.3 is 0 Å². The molecule has 0 spiro atoms. The summed E-state index contributed by atoms with van der Waals surface area (Å²) in [5, 5.41) is 3.76. The van der Waals surface area contributed by atoms with Crippen LogP contribution in [0.2, 0.25) is 0 Å². The molecule has 3 rings (SSSR count). The van der Waals surface area contributed by atoms with E-state index in [0.29, 0.717) is 6.04 Å². The molecule has 1 aromatic carbocycles. The molecule has 2 fully saturated rings. The van der Waals surface area contributed by atoms with Gasteiger partial charge in [-0.15, -0.1) is 0 Å². The lowest BCUT2D eigenvalue weighted by Crippen LogP contribution is -2.31. The first-order valence-electron chi connectivity index (χ1n) is 8.10. The predicted octanol–water partition coefficient (Wildman–Crippen LogP) is 4.09. The number of aryl methyl sites for hydroxylation is 1. The van der Waals surface area contributed by atoms with Gasteiger partial charge in [0.2, 0.25) is 0 Å². The Morgan fingerprint density at radius 2 is 2.15 bits per heavy atom. The fraction of sp³-hybridized carbons (Fsp3) is 0.667. The Morgan fingerprint density at radius 3 is 2.70 bits per heavy atom. The van der Waals surface area contributed by atoms with Gasteiger partial charge in [0, 0.05) is 6.04 Å². The monoisotopic (exact) mass is 273 g/mol. The van der Waals surface area contributed by atoms with Gasteiger partial charge in [0.25, 0.3) is 0 Å². The van der Waals surface area contributed by atoms with Crippen molar-refractivity contribution in [1.82, 2.24) is 5.32 Å². The number of hydrogen-bond acceptors (Lipinski definition) is 2. The normalized spacial score (nSPS) is 29.6. The van der Waals surface area contributed by atoms with E-state index in [1.54, 1.807) is 7.11 Å². The number of methoxy groups -OCH3 is 1. The third kappa shape index (κ3) is 2.46. The largest absolute Gasteiger partial charge is 0.497 e. The number of rotatable bonds is 5. The summed E-state index contributed by atoms with van der Waals surface area (Å²) in [5.41, 5.74) is 2.84. The van der Waals surface area contributed by atoms with Gasteiger partial charge in [0.05, 0.1) is 7.11 Å². The van der Waals surface area contributed by atoms with E-state index in [4.69, 9.17) is 4.74 Å². The third-order valence-electron chi connectivity index (χ3n) is 5.46. The molecule has 4 atom stereocenters. The van der Waals surface area contributed by atoms with Crippen molar-refractivity contribution in [2.75, 3.05) is 13.7 Å². The summed E-state index contributed by atoms with van der Waals surface area (Å²) in [7, 11) is 1.74. The summed E-state index contributed by atoms with van der Waals surface area (Å²) in [6.07, 6.45) is 5.82. The molecule has 2 aliphatic carbocycles. The van der Waals surface area contributed by atoms with Crippen LogP contribution >= 0.6 is 0 Å². The smallest absolute Gasteiger partial charge is 0.119 e. The molecular formula is C18H27NO. The standard InChI is InChI=1S/C18H27NO/c1-4-19-18(17-11-13-5-6-14(17)10-13)16-8-7-15(20-3)9-12(16)2/h7-9,13-14,17-19H,4-6,10-11H2,1-3H3. The van der Waals surface area contributed by atoms with Crippen LogP contribution in [0.15, 0.2) is 18.2 Å². The zero-order chi connectivity index (χ0) is 14.1. The Bertz CT molecular complexity index is 470. The molecule has 2 bridgehead atoms. The van der Waals surface area contributed by atoms with Crippen molar-refractivity contribution in [2.45, 2.75) is 45.6 Å². The number of ether oxygens (including phenoxy) is 1. The third-order valence-corrected chi connectivity index (χ3v) is 5.46. The van der Waals surface area contributed by atoms with Crippen molar-refractivity contribution in [3.05, 3.63) is 29.3 Å². The van der Waals surface area contributed by atoms with Crippen molar-refractivity contribution >= 4 is 0 Å². The molecule has 2 heteroatoms. The Balaban J connectivity index is 1.86. The number of fused-ring (bicyclic) bond motifs is 2. The summed E-state index contributed by atoms with van der Waals surface area (Å²) in [6, 6.07) is 7.08. The number of hydrogen-bond donors (Lipinski definition) is 1. The Morgan fingerprint density at radius 1 is 1.30 bits per heavy atom. The van der Waals surface area contributed by atoms with Gasteiger partial charge in [0.15, 0.2) is 0 Å². The second kappa shape index (κ2) is 5.77. The fourth-order valence-corrected chi connectivity index (χ4v) is 4.54. The van der Waals surface area contributed by atoms with Crippen molar-refractivity contribution in [3.8, 4) is 5.75 Å². The van der Waals surface area contributed by atoms with Crippen LogP contribution in [0.1, 0.15) is 49.8 Å². The Kier molecular flexibility index (Phi) is 4.02. The number of benzene rings is 1. The minimum atomic E-state index is 0.529. The molecule has 110 valence electrons. The molecule has 20 heavy (non-hydrogen) atoms. The first-order valence-corrected chi connectivity index (χ1v) is 8.10. The van der Waals surface area contributed by atoms with Gasteiger partial charge in [-0.3, -0.25) is 0 Å². The van der Waals surface area contributed by atoms with Crippen LogP contribution in [-0.4, -0.2) is 13.7 Å². The maximum Gasteiger partial charge on any atom is 0.119 e. The first-order chi connectivity index (χ1) is 9.72. The summed E-state index contributed by atoms with van der Waals surface area (Å²) in [5.74, 6) is 3.76. The van der Waals surface area contributed by atoms with E-state index in [1.165, 1.54) is 36.8 Å². The topological polar surface area (TPSA) is 21.3 Å². The number of nitrogens with one attached hydrogen (secondary N) is 1. The second-order valence-corrected chi connectivity index (χ2v) is 6.60. The molecule has 0 radical (unpaired) electrons. The van der Waals surface area contributed by atoms with Gasteiger partial charge in [-0.2, -0.15) is 0 Å².